The van der Waals surface area contributed by atoms with Gasteiger partial charge in [0.1, 0.15) is 10.8 Å². The maximum absolute atomic E-state index is 13.0. The molecule has 17 heavy (non-hydrogen) atoms. The van der Waals surface area contributed by atoms with Crippen LogP contribution in [0.25, 0.3) is 0 Å². The summed E-state index contributed by atoms with van der Waals surface area (Å²) in [6.45, 7) is 1.91. The zero-order valence-corrected chi connectivity index (χ0v) is 10.2. The largest absolute Gasteiger partial charge is 0.324 e. The van der Waals surface area contributed by atoms with E-state index in [0.29, 0.717) is 0 Å². The summed E-state index contributed by atoms with van der Waals surface area (Å²) in [7, 11) is 0. The zero-order valence-electron chi connectivity index (χ0n) is 9.43. The molecule has 2 aromatic rings. The van der Waals surface area contributed by atoms with E-state index in [0.717, 1.165) is 15.5 Å². The monoisotopic (exact) mass is 248 g/mol. The second-order valence-corrected chi connectivity index (χ2v) is 4.87. The highest BCUT2D eigenvalue weighted by Gasteiger charge is 2.02. The first-order chi connectivity index (χ1) is 8.15. The second-order valence-electron chi connectivity index (χ2n) is 3.78. The molecule has 0 aliphatic rings. The lowest BCUT2D eigenvalue weighted by atomic mass is 10.2. The highest BCUT2D eigenvalue weighted by molar-refractivity contribution is 7.99. The Morgan fingerprint density at radius 1 is 1.29 bits per heavy atom. The molecule has 0 saturated carbocycles. The minimum atomic E-state index is -0.234. The van der Waals surface area contributed by atoms with Crippen molar-refractivity contribution in [3.63, 3.8) is 0 Å². The molecule has 1 atom stereocenters. The lowest BCUT2D eigenvalue weighted by Gasteiger charge is -2.06. The number of aromatic nitrogens is 1. The van der Waals surface area contributed by atoms with Gasteiger partial charge in [0.25, 0.3) is 0 Å². The van der Waals surface area contributed by atoms with Crippen molar-refractivity contribution in [2.75, 3.05) is 0 Å². The summed E-state index contributed by atoms with van der Waals surface area (Å²) in [4.78, 5) is 5.12. The van der Waals surface area contributed by atoms with Crippen LogP contribution in [0, 0.1) is 5.82 Å². The van der Waals surface area contributed by atoms with Gasteiger partial charge in [-0.05, 0) is 36.8 Å². The number of nitrogens with two attached hydrogens (primary N) is 1. The van der Waals surface area contributed by atoms with E-state index in [9.17, 15) is 4.39 Å². The van der Waals surface area contributed by atoms with Crippen molar-refractivity contribution >= 4 is 11.8 Å². The smallest absolute Gasteiger partial charge is 0.124 e. The Bertz CT molecular complexity index is 497. The first-order valence-corrected chi connectivity index (χ1v) is 6.12. The van der Waals surface area contributed by atoms with Crippen molar-refractivity contribution in [2.24, 2.45) is 5.73 Å². The van der Waals surface area contributed by atoms with Crippen LogP contribution in [0.5, 0.6) is 0 Å². The molecular weight excluding hydrogens is 235 g/mol. The van der Waals surface area contributed by atoms with E-state index in [1.165, 1.54) is 23.9 Å². The zero-order chi connectivity index (χ0) is 12.3. The van der Waals surface area contributed by atoms with Gasteiger partial charge < -0.3 is 5.73 Å². The van der Waals surface area contributed by atoms with Crippen LogP contribution >= 0.6 is 11.8 Å². The van der Waals surface area contributed by atoms with E-state index in [4.69, 9.17) is 5.73 Å². The molecule has 88 valence electrons. The molecule has 0 bridgehead atoms. The molecular formula is C13H13FN2S. The maximum atomic E-state index is 13.0. The van der Waals surface area contributed by atoms with E-state index >= 15 is 0 Å². The van der Waals surface area contributed by atoms with E-state index in [1.807, 2.05) is 25.1 Å². The van der Waals surface area contributed by atoms with Crippen LogP contribution in [0.4, 0.5) is 4.39 Å². The molecule has 2 rings (SSSR count). The normalized spacial score (nSPS) is 12.4. The van der Waals surface area contributed by atoms with E-state index in [-0.39, 0.29) is 11.9 Å². The van der Waals surface area contributed by atoms with Crippen LogP contribution in [0.3, 0.4) is 0 Å². The Balaban J connectivity index is 2.14. The molecule has 1 aromatic carbocycles. The summed E-state index contributed by atoms with van der Waals surface area (Å²) < 4.78 is 13.0. The summed E-state index contributed by atoms with van der Waals surface area (Å²) in [6, 6.07) is 10.3. The maximum Gasteiger partial charge on any atom is 0.124 e. The predicted molar refractivity (Wildman–Crippen MR) is 67.4 cm³/mol. The molecule has 1 heterocycles. The number of benzene rings is 1. The highest BCUT2D eigenvalue weighted by Crippen LogP contribution is 2.26. The summed E-state index contributed by atoms with van der Waals surface area (Å²) in [5.74, 6) is -0.234. The quantitative estimate of drug-likeness (QED) is 0.905. The Hall–Kier alpha value is -1.39. The van der Waals surface area contributed by atoms with E-state index in [1.54, 1.807) is 12.3 Å². The molecule has 0 saturated heterocycles. The fraction of sp³-hybridized carbons (Fsp3) is 0.154. The Labute approximate surface area is 104 Å². The van der Waals surface area contributed by atoms with Gasteiger partial charge in [-0.3, -0.25) is 0 Å². The van der Waals surface area contributed by atoms with Gasteiger partial charge in [-0.2, -0.15) is 0 Å². The second kappa shape index (κ2) is 5.29. The summed E-state index contributed by atoms with van der Waals surface area (Å²) in [5.41, 5.74) is 6.73. The molecule has 1 aromatic heterocycles. The number of pyridine rings is 1. The molecule has 0 aliphatic carbocycles. The molecule has 2 N–H and O–H groups in total. The molecule has 0 aliphatic heterocycles. The minimum absolute atomic E-state index is 0.0179. The third-order valence-corrected chi connectivity index (χ3v) is 3.24. The van der Waals surface area contributed by atoms with Gasteiger partial charge in [0, 0.05) is 17.1 Å². The van der Waals surface area contributed by atoms with Crippen molar-refractivity contribution in [2.45, 2.75) is 22.9 Å². The third kappa shape index (κ3) is 3.28. The summed E-state index contributed by atoms with van der Waals surface area (Å²) >= 11 is 1.43. The third-order valence-electron chi connectivity index (χ3n) is 2.30. The lowest BCUT2D eigenvalue weighted by Crippen LogP contribution is -2.04. The number of nitrogens with zero attached hydrogens (tertiary/aromatic N) is 1. The van der Waals surface area contributed by atoms with Crippen molar-refractivity contribution in [3.8, 4) is 0 Å². The molecule has 0 amide bonds. The number of rotatable bonds is 3. The van der Waals surface area contributed by atoms with Gasteiger partial charge in [0.15, 0.2) is 0 Å². The first-order valence-electron chi connectivity index (χ1n) is 5.30. The van der Waals surface area contributed by atoms with Gasteiger partial charge in [-0.25, -0.2) is 9.37 Å². The average Bonchev–Trinajstić information content (AvgIpc) is 2.29. The number of hydrogen-bond donors (Lipinski definition) is 1. The highest BCUT2D eigenvalue weighted by atomic mass is 32.2. The van der Waals surface area contributed by atoms with Gasteiger partial charge in [-0.1, -0.05) is 23.9 Å². The Morgan fingerprint density at radius 2 is 2.12 bits per heavy atom. The summed E-state index contributed by atoms with van der Waals surface area (Å²) in [5, 5.41) is 0.833. The van der Waals surface area contributed by atoms with Gasteiger partial charge in [0.2, 0.25) is 0 Å². The number of hydrogen-bond acceptors (Lipinski definition) is 3. The van der Waals surface area contributed by atoms with E-state index < -0.39 is 0 Å². The van der Waals surface area contributed by atoms with Gasteiger partial charge in [0.05, 0.1) is 0 Å². The standard InChI is InChI=1S/C13H13FN2S/c1-9(15)10-5-6-13(16-8-10)17-12-4-2-3-11(14)7-12/h2-9H,15H2,1H3. The topological polar surface area (TPSA) is 38.9 Å². The van der Waals surface area contributed by atoms with Gasteiger partial charge in [-0.15, -0.1) is 0 Å². The van der Waals surface area contributed by atoms with Crippen LogP contribution in [0.1, 0.15) is 18.5 Å². The van der Waals surface area contributed by atoms with Crippen LogP contribution in [-0.4, -0.2) is 4.98 Å². The predicted octanol–water partition coefficient (Wildman–Crippen LogP) is 3.39. The fourth-order valence-corrected chi connectivity index (χ4v) is 2.17. The molecule has 1 unspecified atom stereocenters. The van der Waals surface area contributed by atoms with Crippen LogP contribution in [0.15, 0.2) is 52.5 Å². The number of halogens is 1. The van der Waals surface area contributed by atoms with Crippen molar-refractivity contribution < 1.29 is 4.39 Å². The molecule has 0 spiro atoms. The van der Waals surface area contributed by atoms with E-state index in [2.05, 4.69) is 4.98 Å². The van der Waals surface area contributed by atoms with Crippen LogP contribution in [-0.2, 0) is 0 Å². The Kier molecular flexibility index (Phi) is 3.76. The molecule has 0 fully saturated rings. The average molecular weight is 248 g/mol. The fourth-order valence-electron chi connectivity index (χ4n) is 1.37. The summed E-state index contributed by atoms with van der Waals surface area (Å²) in [6.07, 6.45) is 1.76. The first kappa shape index (κ1) is 12.1. The lowest BCUT2D eigenvalue weighted by molar-refractivity contribution is 0.624. The Morgan fingerprint density at radius 3 is 2.71 bits per heavy atom. The van der Waals surface area contributed by atoms with Crippen LogP contribution < -0.4 is 5.73 Å². The molecule has 2 nitrogen and oxygen atoms in total. The minimum Gasteiger partial charge on any atom is -0.324 e. The van der Waals surface area contributed by atoms with Gasteiger partial charge >= 0.3 is 0 Å². The molecule has 0 radical (unpaired) electrons. The van der Waals surface area contributed by atoms with Crippen LogP contribution in [0.2, 0.25) is 0 Å². The SMILES string of the molecule is CC(N)c1ccc(Sc2cccc(F)c2)nc1. The van der Waals surface area contributed by atoms with Crippen molar-refractivity contribution in [3.05, 3.63) is 54.0 Å². The van der Waals surface area contributed by atoms with Crippen molar-refractivity contribution in [1.29, 1.82) is 0 Å². The molecule has 4 heteroatoms. The van der Waals surface area contributed by atoms with Crippen molar-refractivity contribution in [1.82, 2.24) is 4.98 Å².